The molecule has 0 radical (unpaired) electrons. The third-order valence-electron chi connectivity index (χ3n) is 3.66. The van der Waals surface area contributed by atoms with Gasteiger partial charge in [-0.2, -0.15) is 0 Å². The molecular formula is C16H26Cl2N2. The molecule has 0 aliphatic heterocycles. The number of likely N-dealkylation sites (N-methyl/N-ethyl adjacent to an activating group) is 1. The highest BCUT2D eigenvalue weighted by atomic mass is 35.5. The molecule has 0 fully saturated rings. The average molecular weight is 317 g/mol. The van der Waals surface area contributed by atoms with Crippen LogP contribution in [0.25, 0.3) is 0 Å². The quantitative estimate of drug-likeness (QED) is 0.743. The van der Waals surface area contributed by atoms with E-state index in [1.165, 1.54) is 0 Å². The van der Waals surface area contributed by atoms with Crippen LogP contribution in [0.2, 0.25) is 10.0 Å². The molecule has 2 nitrogen and oxygen atoms in total. The Morgan fingerprint density at radius 1 is 1.15 bits per heavy atom. The largest absolute Gasteiger partial charge is 0.306 e. The maximum atomic E-state index is 6.31. The van der Waals surface area contributed by atoms with Crippen LogP contribution in [-0.4, -0.2) is 30.6 Å². The van der Waals surface area contributed by atoms with Crippen LogP contribution in [-0.2, 0) is 0 Å². The summed E-state index contributed by atoms with van der Waals surface area (Å²) in [6.45, 7) is 12.0. The van der Waals surface area contributed by atoms with Gasteiger partial charge in [-0.05, 0) is 44.1 Å². The van der Waals surface area contributed by atoms with Gasteiger partial charge in [-0.15, -0.1) is 0 Å². The van der Waals surface area contributed by atoms with Crippen LogP contribution in [0.1, 0.15) is 45.7 Å². The summed E-state index contributed by atoms with van der Waals surface area (Å²) in [5, 5.41) is 5.10. The van der Waals surface area contributed by atoms with E-state index in [9.17, 15) is 0 Å². The summed E-state index contributed by atoms with van der Waals surface area (Å²) < 4.78 is 0. The lowest BCUT2D eigenvalue weighted by Gasteiger charge is -2.28. The zero-order valence-electron chi connectivity index (χ0n) is 12.9. The Morgan fingerprint density at radius 2 is 1.80 bits per heavy atom. The zero-order chi connectivity index (χ0) is 15.1. The topological polar surface area (TPSA) is 15.3 Å². The summed E-state index contributed by atoms with van der Waals surface area (Å²) in [5.41, 5.74) is 1.13. The molecule has 0 aromatic heterocycles. The van der Waals surface area contributed by atoms with Crippen molar-refractivity contribution >= 4 is 23.2 Å². The van der Waals surface area contributed by atoms with Crippen molar-refractivity contribution in [3.8, 4) is 0 Å². The predicted octanol–water partition coefficient (Wildman–Crippen LogP) is 4.76. The summed E-state index contributed by atoms with van der Waals surface area (Å²) in [6, 6.07) is 6.44. The molecule has 0 bridgehead atoms. The van der Waals surface area contributed by atoms with Gasteiger partial charge in [0.05, 0.1) is 0 Å². The molecule has 2 unspecified atom stereocenters. The SMILES string of the molecule is CCC(NC(C)CN(CC)CC)c1ccc(Cl)cc1Cl. The number of nitrogens with one attached hydrogen (secondary N) is 1. The second-order valence-corrected chi connectivity index (χ2v) is 6.02. The van der Waals surface area contributed by atoms with E-state index in [1.54, 1.807) is 0 Å². The van der Waals surface area contributed by atoms with Gasteiger partial charge < -0.3 is 10.2 Å². The van der Waals surface area contributed by atoms with Crippen molar-refractivity contribution in [1.29, 1.82) is 0 Å². The Kier molecular flexibility index (Phi) is 7.90. The second kappa shape index (κ2) is 8.89. The minimum absolute atomic E-state index is 0.269. The highest BCUT2D eigenvalue weighted by Crippen LogP contribution is 2.28. The van der Waals surface area contributed by atoms with Gasteiger partial charge in [-0.3, -0.25) is 0 Å². The first-order chi connectivity index (χ1) is 9.51. The van der Waals surface area contributed by atoms with E-state index in [4.69, 9.17) is 23.2 Å². The maximum absolute atomic E-state index is 6.31. The fourth-order valence-corrected chi connectivity index (χ4v) is 3.02. The summed E-state index contributed by atoms with van der Waals surface area (Å²) in [5.74, 6) is 0. The van der Waals surface area contributed by atoms with Crippen LogP contribution in [0.5, 0.6) is 0 Å². The minimum atomic E-state index is 0.269. The minimum Gasteiger partial charge on any atom is -0.306 e. The molecule has 4 heteroatoms. The molecule has 1 aromatic carbocycles. The second-order valence-electron chi connectivity index (χ2n) is 5.18. The summed E-state index contributed by atoms with van der Waals surface area (Å²) in [4.78, 5) is 2.42. The highest BCUT2D eigenvalue weighted by Gasteiger charge is 2.16. The maximum Gasteiger partial charge on any atom is 0.0468 e. The van der Waals surface area contributed by atoms with Gasteiger partial charge in [0.15, 0.2) is 0 Å². The van der Waals surface area contributed by atoms with E-state index >= 15 is 0 Å². The lowest BCUT2D eigenvalue weighted by Crippen LogP contribution is -2.40. The highest BCUT2D eigenvalue weighted by molar-refractivity contribution is 6.35. The van der Waals surface area contributed by atoms with Crippen LogP contribution < -0.4 is 5.32 Å². The molecule has 0 saturated heterocycles. The molecule has 0 amide bonds. The van der Waals surface area contributed by atoms with Crippen LogP contribution in [0.3, 0.4) is 0 Å². The van der Waals surface area contributed by atoms with Crippen molar-refractivity contribution in [1.82, 2.24) is 10.2 Å². The fourth-order valence-electron chi connectivity index (χ4n) is 2.48. The zero-order valence-corrected chi connectivity index (χ0v) is 14.4. The molecule has 1 aromatic rings. The van der Waals surface area contributed by atoms with Gasteiger partial charge >= 0.3 is 0 Å². The molecule has 2 atom stereocenters. The van der Waals surface area contributed by atoms with E-state index in [2.05, 4.69) is 37.9 Å². The normalized spacial score (nSPS) is 14.6. The first-order valence-electron chi connectivity index (χ1n) is 7.45. The van der Waals surface area contributed by atoms with Crippen molar-refractivity contribution in [3.05, 3.63) is 33.8 Å². The third-order valence-corrected chi connectivity index (χ3v) is 4.22. The number of nitrogens with zero attached hydrogens (tertiary/aromatic N) is 1. The standard InChI is InChI=1S/C16H26Cl2N2/c1-5-16(14-9-8-13(17)10-15(14)18)19-12(4)11-20(6-2)7-3/h8-10,12,16,19H,5-7,11H2,1-4H3. The van der Waals surface area contributed by atoms with Crippen LogP contribution in [0.4, 0.5) is 0 Å². The Morgan fingerprint density at radius 3 is 2.30 bits per heavy atom. The average Bonchev–Trinajstić information content (AvgIpc) is 2.42. The molecule has 1 rings (SSSR count). The molecule has 20 heavy (non-hydrogen) atoms. The van der Waals surface area contributed by atoms with Gasteiger partial charge in [0.25, 0.3) is 0 Å². The fraction of sp³-hybridized carbons (Fsp3) is 0.625. The van der Waals surface area contributed by atoms with Gasteiger partial charge in [0.2, 0.25) is 0 Å². The van der Waals surface area contributed by atoms with Crippen molar-refractivity contribution in [2.75, 3.05) is 19.6 Å². The predicted molar refractivity (Wildman–Crippen MR) is 89.9 cm³/mol. The van der Waals surface area contributed by atoms with Crippen molar-refractivity contribution in [2.24, 2.45) is 0 Å². The summed E-state index contributed by atoms with van der Waals surface area (Å²) >= 11 is 12.3. The molecule has 0 aliphatic carbocycles. The van der Waals surface area contributed by atoms with Crippen LogP contribution >= 0.6 is 23.2 Å². The van der Waals surface area contributed by atoms with Gasteiger partial charge in [-0.1, -0.05) is 50.0 Å². The Bertz CT molecular complexity index is 405. The third kappa shape index (κ3) is 5.25. The van der Waals surface area contributed by atoms with E-state index in [0.29, 0.717) is 11.1 Å². The van der Waals surface area contributed by atoms with E-state index in [0.717, 1.165) is 36.6 Å². The Labute approximate surface area is 133 Å². The molecule has 0 aliphatic rings. The first-order valence-corrected chi connectivity index (χ1v) is 8.20. The van der Waals surface area contributed by atoms with Crippen molar-refractivity contribution in [2.45, 2.75) is 46.2 Å². The number of benzene rings is 1. The lowest BCUT2D eigenvalue weighted by molar-refractivity contribution is 0.260. The van der Waals surface area contributed by atoms with Gasteiger partial charge in [0.1, 0.15) is 0 Å². The molecule has 1 N–H and O–H groups in total. The van der Waals surface area contributed by atoms with E-state index < -0.39 is 0 Å². The Balaban J connectivity index is 2.71. The van der Waals surface area contributed by atoms with Gasteiger partial charge in [-0.25, -0.2) is 0 Å². The number of rotatable bonds is 8. The van der Waals surface area contributed by atoms with Crippen molar-refractivity contribution < 1.29 is 0 Å². The van der Waals surface area contributed by atoms with Crippen molar-refractivity contribution in [3.63, 3.8) is 0 Å². The Hall–Kier alpha value is -0.280. The van der Waals surface area contributed by atoms with Crippen LogP contribution in [0, 0.1) is 0 Å². The lowest BCUT2D eigenvalue weighted by atomic mass is 10.0. The number of halogens is 2. The molecule has 0 spiro atoms. The van der Waals surface area contributed by atoms with Crippen LogP contribution in [0.15, 0.2) is 18.2 Å². The number of hydrogen-bond donors (Lipinski definition) is 1. The summed E-state index contributed by atoms with van der Waals surface area (Å²) in [7, 11) is 0. The van der Waals surface area contributed by atoms with Gasteiger partial charge in [0, 0.05) is 28.7 Å². The molecular weight excluding hydrogens is 291 g/mol. The monoisotopic (exact) mass is 316 g/mol. The first kappa shape index (κ1) is 17.8. The molecule has 0 heterocycles. The molecule has 0 saturated carbocycles. The number of hydrogen-bond acceptors (Lipinski definition) is 2. The van der Waals surface area contributed by atoms with E-state index in [1.807, 2.05) is 18.2 Å². The molecule has 114 valence electrons. The smallest absolute Gasteiger partial charge is 0.0468 e. The van der Waals surface area contributed by atoms with E-state index in [-0.39, 0.29) is 6.04 Å². The summed E-state index contributed by atoms with van der Waals surface area (Å²) in [6.07, 6.45) is 1.00.